The van der Waals surface area contributed by atoms with E-state index in [1.54, 1.807) is 20.1 Å². The fourth-order valence-electron chi connectivity index (χ4n) is 2.31. The molecule has 0 saturated heterocycles. The molecule has 0 aliphatic rings. The largest absolute Gasteiger partial charge is 0.496 e. The molecule has 2 aromatic carbocycles. The van der Waals surface area contributed by atoms with Gasteiger partial charge in [0.15, 0.2) is 5.78 Å². The van der Waals surface area contributed by atoms with Gasteiger partial charge in [0.25, 0.3) is 0 Å². The maximum Gasteiger partial charge on any atom is 0.165 e. The quantitative estimate of drug-likeness (QED) is 0.776. The highest BCUT2D eigenvalue weighted by atomic mass is 35.5. The second kappa shape index (κ2) is 6.64. The van der Waals surface area contributed by atoms with Crippen LogP contribution in [0.4, 0.5) is 5.69 Å². The molecule has 0 aliphatic carbocycles. The van der Waals surface area contributed by atoms with Crippen LogP contribution in [0.3, 0.4) is 0 Å². The molecular weight excluding hydrogens is 286 g/mol. The average Bonchev–Trinajstić information content (AvgIpc) is 2.48. The van der Waals surface area contributed by atoms with E-state index in [9.17, 15) is 4.79 Å². The number of anilines is 1. The standard InChI is InChI=1S/C17H18ClNO2/c1-12(20)17-15(5-4-6-16(17)21-3)19(2)11-13-7-9-14(18)10-8-13/h4-10H,11H2,1-3H3. The van der Waals surface area contributed by atoms with Gasteiger partial charge in [-0.1, -0.05) is 29.8 Å². The molecule has 110 valence electrons. The molecule has 0 spiro atoms. The van der Waals surface area contributed by atoms with Crippen LogP contribution in [0.1, 0.15) is 22.8 Å². The number of hydrogen-bond acceptors (Lipinski definition) is 3. The maximum absolute atomic E-state index is 11.9. The van der Waals surface area contributed by atoms with E-state index in [2.05, 4.69) is 0 Å². The van der Waals surface area contributed by atoms with Crippen LogP contribution >= 0.6 is 11.6 Å². The SMILES string of the molecule is COc1cccc(N(C)Cc2ccc(Cl)cc2)c1C(C)=O. The Kier molecular flexibility index (Phi) is 4.86. The number of Topliss-reactive ketones (excluding diaryl/α,β-unsaturated/α-hetero) is 1. The first-order chi connectivity index (χ1) is 10.0. The van der Waals surface area contributed by atoms with Crippen LogP contribution in [0, 0.1) is 0 Å². The maximum atomic E-state index is 11.9. The second-order valence-corrected chi connectivity index (χ2v) is 5.33. The zero-order valence-electron chi connectivity index (χ0n) is 12.4. The van der Waals surface area contributed by atoms with Crippen molar-refractivity contribution in [3.05, 3.63) is 58.6 Å². The smallest absolute Gasteiger partial charge is 0.165 e. The molecular formula is C17H18ClNO2. The molecule has 21 heavy (non-hydrogen) atoms. The van der Waals surface area contributed by atoms with Gasteiger partial charge in [-0.05, 0) is 36.8 Å². The Balaban J connectivity index is 2.32. The topological polar surface area (TPSA) is 29.5 Å². The molecule has 0 atom stereocenters. The Morgan fingerprint density at radius 1 is 1.19 bits per heavy atom. The van der Waals surface area contributed by atoms with Gasteiger partial charge in [-0.2, -0.15) is 0 Å². The summed E-state index contributed by atoms with van der Waals surface area (Å²) in [4.78, 5) is 14.0. The first kappa shape index (κ1) is 15.4. The van der Waals surface area contributed by atoms with Crippen molar-refractivity contribution in [2.45, 2.75) is 13.5 Å². The predicted octanol–water partition coefficient (Wildman–Crippen LogP) is 4.19. The summed E-state index contributed by atoms with van der Waals surface area (Å²) < 4.78 is 5.30. The molecule has 0 unspecified atom stereocenters. The number of ether oxygens (including phenoxy) is 1. The molecule has 0 aromatic heterocycles. The predicted molar refractivity (Wildman–Crippen MR) is 86.6 cm³/mol. The van der Waals surface area contributed by atoms with Crippen LogP contribution in [-0.4, -0.2) is 19.9 Å². The van der Waals surface area contributed by atoms with E-state index < -0.39 is 0 Å². The number of ketones is 1. The van der Waals surface area contributed by atoms with Crippen LogP contribution in [0.2, 0.25) is 5.02 Å². The summed E-state index contributed by atoms with van der Waals surface area (Å²) in [5.41, 5.74) is 2.59. The number of rotatable bonds is 5. The number of methoxy groups -OCH3 is 1. The van der Waals surface area contributed by atoms with Crippen molar-refractivity contribution in [2.24, 2.45) is 0 Å². The third-order valence-corrected chi connectivity index (χ3v) is 3.57. The molecule has 0 saturated carbocycles. The highest BCUT2D eigenvalue weighted by Gasteiger charge is 2.16. The number of hydrogen-bond donors (Lipinski definition) is 0. The summed E-state index contributed by atoms with van der Waals surface area (Å²) in [5.74, 6) is 0.591. The van der Waals surface area contributed by atoms with Gasteiger partial charge in [0, 0.05) is 18.6 Å². The third kappa shape index (κ3) is 3.56. The molecule has 0 heterocycles. The van der Waals surface area contributed by atoms with Crippen molar-refractivity contribution in [3.8, 4) is 5.75 Å². The van der Waals surface area contributed by atoms with E-state index in [4.69, 9.17) is 16.3 Å². The van der Waals surface area contributed by atoms with Crippen molar-refractivity contribution in [1.82, 2.24) is 0 Å². The van der Waals surface area contributed by atoms with Gasteiger partial charge < -0.3 is 9.64 Å². The normalized spacial score (nSPS) is 10.3. The van der Waals surface area contributed by atoms with Gasteiger partial charge in [-0.15, -0.1) is 0 Å². The van der Waals surface area contributed by atoms with Gasteiger partial charge >= 0.3 is 0 Å². The first-order valence-corrected chi connectivity index (χ1v) is 7.04. The number of carbonyl (C=O) groups excluding carboxylic acids is 1. The minimum absolute atomic E-state index is 0.00888. The molecule has 0 fully saturated rings. The Hall–Kier alpha value is -2.00. The number of carbonyl (C=O) groups is 1. The van der Waals surface area contributed by atoms with E-state index in [0.717, 1.165) is 11.3 Å². The van der Waals surface area contributed by atoms with Crippen molar-refractivity contribution in [2.75, 3.05) is 19.1 Å². The molecule has 0 amide bonds. The Morgan fingerprint density at radius 3 is 2.43 bits per heavy atom. The molecule has 0 N–H and O–H groups in total. The fourth-order valence-corrected chi connectivity index (χ4v) is 2.44. The van der Waals surface area contributed by atoms with Crippen molar-refractivity contribution in [1.29, 1.82) is 0 Å². The van der Waals surface area contributed by atoms with Gasteiger partial charge in [-0.3, -0.25) is 4.79 Å². The minimum Gasteiger partial charge on any atom is -0.496 e. The van der Waals surface area contributed by atoms with Gasteiger partial charge in [-0.25, -0.2) is 0 Å². The van der Waals surface area contributed by atoms with Crippen LogP contribution in [-0.2, 0) is 6.54 Å². The molecule has 0 radical (unpaired) electrons. The van der Waals surface area contributed by atoms with Gasteiger partial charge in [0.2, 0.25) is 0 Å². The Labute approximate surface area is 130 Å². The molecule has 0 bridgehead atoms. The summed E-state index contributed by atoms with van der Waals surface area (Å²) in [7, 11) is 3.53. The average molecular weight is 304 g/mol. The number of halogens is 1. The summed E-state index contributed by atoms with van der Waals surface area (Å²) in [6.07, 6.45) is 0. The lowest BCUT2D eigenvalue weighted by Crippen LogP contribution is -2.19. The number of nitrogens with zero attached hydrogens (tertiary/aromatic N) is 1. The highest BCUT2D eigenvalue weighted by Crippen LogP contribution is 2.30. The Bertz CT molecular complexity index is 638. The molecule has 2 aromatic rings. The summed E-state index contributed by atoms with van der Waals surface area (Å²) in [6, 6.07) is 13.3. The second-order valence-electron chi connectivity index (χ2n) is 4.89. The highest BCUT2D eigenvalue weighted by molar-refractivity contribution is 6.30. The van der Waals surface area contributed by atoms with E-state index in [1.165, 1.54) is 0 Å². The lowest BCUT2D eigenvalue weighted by atomic mass is 10.1. The van der Waals surface area contributed by atoms with Crippen LogP contribution in [0.25, 0.3) is 0 Å². The first-order valence-electron chi connectivity index (χ1n) is 6.66. The fraction of sp³-hybridized carbons (Fsp3) is 0.235. The van der Waals surface area contributed by atoms with Crippen molar-refractivity contribution >= 4 is 23.1 Å². The van der Waals surface area contributed by atoms with Crippen LogP contribution in [0.5, 0.6) is 5.75 Å². The van der Waals surface area contributed by atoms with E-state index in [1.807, 2.05) is 48.3 Å². The van der Waals surface area contributed by atoms with E-state index in [0.29, 0.717) is 22.9 Å². The van der Waals surface area contributed by atoms with Gasteiger partial charge in [0.1, 0.15) is 5.75 Å². The summed E-state index contributed by atoms with van der Waals surface area (Å²) in [5, 5.41) is 0.715. The third-order valence-electron chi connectivity index (χ3n) is 3.32. The molecule has 4 heteroatoms. The van der Waals surface area contributed by atoms with Crippen LogP contribution < -0.4 is 9.64 Å². The van der Waals surface area contributed by atoms with Crippen LogP contribution in [0.15, 0.2) is 42.5 Å². The Morgan fingerprint density at radius 2 is 1.86 bits per heavy atom. The summed E-state index contributed by atoms with van der Waals surface area (Å²) >= 11 is 5.90. The lowest BCUT2D eigenvalue weighted by molar-refractivity contribution is 0.101. The lowest BCUT2D eigenvalue weighted by Gasteiger charge is -2.23. The molecule has 0 aliphatic heterocycles. The van der Waals surface area contributed by atoms with Crippen molar-refractivity contribution in [3.63, 3.8) is 0 Å². The monoisotopic (exact) mass is 303 g/mol. The minimum atomic E-state index is -0.00888. The zero-order valence-corrected chi connectivity index (χ0v) is 13.1. The molecule has 2 rings (SSSR count). The van der Waals surface area contributed by atoms with E-state index in [-0.39, 0.29) is 5.78 Å². The van der Waals surface area contributed by atoms with Crippen molar-refractivity contribution < 1.29 is 9.53 Å². The van der Waals surface area contributed by atoms with Gasteiger partial charge in [0.05, 0.1) is 18.4 Å². The summed E-state index contributed by atoms with van der Waals surface area (Å²) in [6.45, 7) is 2.24. The zero-order chi connectivity index (χ0) is 15.4. The van der Waals surface area contributed by atoms with E-state index >= 15 is 0 Å². The molecule has 3 nitrogen and oxygen atoms in total. The number of benzene rings is 2.